The van der Waals surface area contributed by atoms with Crippen molar-refractivity contribution in [3.05, 3.63) is 71.3 Å². The topological polar surface area (TPSA) is 93.1 Å². The Kier molecular flexibility index (Phi) is 5.44. The van der Waals surface area contributed by atoms with E-state index in [1.165, 1.54) is 12.0 Å². The van der Waals surface area contributed by atoms with Crippen molar-refractivity contribution in [2.24, 2.45) is 0 Å². The maximum atomic E-state index is 12.9. The lowest BCUT2D eigenvalue weighted by molar-refractivity contribution is -0.144. The monoisotopic (exact) mass is 381 g/mol. The summed E-state index contributed by atoms with van der Waals surface area (Å²) in [5.74, 6) is -2.43. The molecule has 1 amide bonds. The van der Waals surface area contributed by atoms with Crippen molar-refractivity contribution >= 4 is 23.5 Å². The first-order valence-electron chi connectivity index (χ1n) is 8.66. The molecule has 28 heavy (non-hydrogen) atoms. The highest BCUT2D eigenvalue weighted by Gasteiger charge is 2.48. The largest absolute Gasteiger partial charge is 0.497 e. The Morgan fingerprint density at radius 2 is 1.71 bits per heavy atom. The van der Waals surface area contributed by atoms with Crippen LogP contribution in [0.3, 0.4) is 0 Å². The molecule has 2 aromatic carbocycles. The summed E-state index contributed by atoms with van der Waals surface area (Å²) < 4.78 is 10.00. The number of benzene rings is 2. The van der Waals surface area contributed by atoms with Gasteiger partial charge in [-0.25, -0.2) is 9.59 Å². The van der Waals surface area contributed by atoms with Crippen molar-refractivity contribution in [1.82, 2.24) is 0 Å². The van der Waals surface area contributed by atoms with Gasteiger partial charge in [-0.3, -0.25) is 9.69 Å². The fourth-order valence-corrected chi connectivity index (χ4v) is 3.15. The summed E-state index contributed by atoms with van der Waals surface area (Å²) in [7, 11) is 1.54. The van der Waals surface area contributed by atoms with Crippen molar-refractivity contribution in [3.63, 3.8) is 0 Å². The van der Waals surface area contributed by atoms with Gasteiger partial charge in [-0.2, -0.15) is 0 Å². The number of carbonyl (C=O) groups is 3. The molecule has 1 heterocycles. The number of rotatable bonds is 6. The van der Waals surface area contributed by atoms with E-state index in [-0.39, 0.29) is 12.2 Å². The summed E-state index contributed by atoms with van der Waals surface area (Å²) in [6.07, 6.45) is 0. The smallest absolute Gasteiger partial charge is 0.346 e. The van der Waals surface area contributed by atoms with Crippen molar-refractivity contribution in [2.45, 2.75) is 13.0 Å². The van der Waals surface area contributed by atoms with Gasteiger partial charge in [0.15, 0.2) is 5.57 Å². The number of carboxylic acid groups (broad SMARTS) is 1. The molecule has 1 atom stereocenters. The number of carbonyl (C=O) groups excluding carboxylic acids is 2. The number of anilines is 1. The van der Waals surface area contributed by atoms with Gasteiger partial charge in [0.05, 0.1) is 25.3 Å². The van der Waals surface area contributed by atoms with Gasteiger partial charge in [0, 0.05) is 5.69 Å². The number of hydrogen-bond acceptors (Lipinski definition) is 5. The van der Waals surface area contributed by atoms with Gasteiger partial charge in [-0.1, -0.05) is 30.3 Å². The number of amides is 1. The van der Waals surface area contributed by atoms with E-state index in [0.717, 1.165) is 0 Å². The van der Waals surface area contributed by atoms with E-state index in [1.807, 2.05) is 6.07 Å². The Labute approximate surface area is 161 Å². The van der Waals surface area contributed by atoms with Crippen LogP contribution in [0.25, 0.3) is 0 Å². The van der Waals surface area contributed by atoms with Gasteiger partial charge in [0.1, 0.15) is 5.75 Å². The normalized spacial score (nSPS) is 17.6. The number of esters is 1. The zero-order valence-corrected chi connectivity index (χ0v) is 15.4. The van der Waals surface area contributed by atoms with Crippen molar-refractivity contribution in [1.29, 1.82) is 0 Å². The first kappa shape index (κ1) is 19.2. The first-order valence-corrected chi connectivity index (χ1v) is 8.66. The second-order valence-electron chi connectivity index (χ2n) is 6.00. The average Bonchev–Trinajstić information content (AvgIpc) is 2.70. The number of nitrogens with zero attached hydrogens (tertiary/aromatic N) is 1. The lowest BCUT2D eigenvalue weighted by Gasteiger charge is -2.43. The minimum atomic E-state index is -1.49. The minimum Gasteiger partial charge on any atom is -0.497 e. The Morgan fingerprint density at radius 1 is 1.07 bits per heavy atom. The van der Waals surface area contributed by atoms with Crippen LogP contribution in [0.1, 0.15) is 18.5 Å². The van der Waals surface area contributed by atoms with Crippen LogP contribution in [0.5, 0.6) is 5.75 Å². The summed E-state index contributed by atoms with van der Waals surface area (Å²) >= 11 is 0. The molecule has 1 fully saturated rings. The number of methoxy groups -OCH3 is 1. The van der Waals surface area contributed by atoms with Gasteiger partial charge in [-0.15, -0.1) is 0 Å². The SMILES string of the molecule is CCOC(=O)/C(C(=O)O)=C1/C(=O)N(c2ccc(OC)cc2)C1c1ccccc1. The molecular weight excluding hydrogens is 362 g/mol. The fraction of sp³-hybridized carbons (Fsp3) is 0.190. The summed E-state index contributed by atoms with van der Waals surface area (Å²) in [5, 5.41) is 9.57. The Balaban J connectivity index is 2.12. The quantitative estimate of drug-likeness (QED) is 0.272. The number of ether oxygens (including phenoxy) is 2. The van der Waals surface area contributed by atoms with Crippen molar-refractivity contribution in [3.8, 4) is 5.75 Å². The van der Waals surface area contributed by atoms with Gasteiger partial charge < -0.3 is 14.6 Å². The number of carboxylic acids is 1. The average molecular weight is 381 g/mol. The Bertz CT molecular complexity index is 933. The van der Waals surface area contributed by atoms with Crippen LogP contribution in [0, 0.1) is 0 Å². The molecule has 0 spiro atoms. The molecule has 3 rings (SSSR count). The van der Waals surface area contributed by atoms with E-state index in [1.54, 1.807) is 55.5 Å². The predicted octanol–water partition coefficient (Wildman–Crippen LogP) is 2.73. The van der Waals surface area contributed by atoms with E-state index in [4.69, 9.17) is 9.47 Å². The summed E-state index contributed by atoms with van der Waals surface area (Å²) in [6, 6.07) is 15.0. The van der Waals surface area contributed by atoms with Crippen LogP contribution in [-0.4, -0.2) is 36.7 Å². The molecule has 0 radical (unpaired) electrons. The molecule has 2 aromatic rings. The molecule has 0 saturated carbocycles. The molecule has 0 aliphatic carbocycles. The molecule has 0 aromatic heterocycles. The first-order chi connectivity index (χ1) is 13.5. The second kappa shape index (κ2) is 7.96. The lowest BCUT2D eigenvalue weighted by atomic mass is 9.84. The Morgan fingerprint density at radius 3 is 2.25 bits per heavy atom. The van der Waals surface area contributed by atoms with E-state index in [2.05, 4.69) is 0 Å². The van der Waals surface area contributed by atoms with Crippen LogP contribution in [0.15, 0.2) is 65.7 Å². The molecule has 1 unspecified atom stereocenters. The molecule has 7 heteroatoms. The van der Waals surface area contributed by atoms with Crippen LogP contribution in [-0.2, 0) is 19.1 Å². The highest BCUT2D eigenvalue weighted by molar-refractivity contribution is 6.26. The molecular formula is C21H19NO6. The number of β-lactam (4-membered cyclic amide) rings is 1. The van der Waals surface area contributed by atoms with Gasteiger partial charge in [0.25, 0.3) is 5.91 Å². The Hall–Kier alpha value is -3.61. The predicted molar refractivity (Wildman–Crippen MR) is 101 cm³/mol. The molecule has 7 nitrogen and oxygen atoms in total. The summed E-state index contributed by atoms with van der Waals surface area (Å²) in [6.45, 7) is 1.58. The van der Waals surface area contributed by atoms with Crippen LogP contribution in [0.4, 0.5) is 5.69 Å². The standard InChI is InChI=1S/C21H19NO6/c1-3-28-21(26)17(20(24)25)16-18(13-7-5-4-6-8-13)22(19(16)23)14-9-11-15(27-2)12-10-14/h4-12,18H,3H2,1-2H3,(H,24,25)/b17-16+. The van der Waals surface area contributed by atoms with Gasteiger partial charge in [-0.05, 0) is 36.8 Å². The highest BCUT2D eigenvalue weighted by Crippen LogP contribution is 2.45. The van der Waals surface area contributed by atoms with E-state index in [9.17, 15) is 19.5 Å². The van der Waals surface area contributed by atoms with Gasteiger partial charge in [0.2, 0.25) is 0 Å². The molecule has 0 bridgehead atoms. The summed E-state index contributed by atoms with van der Waals surface area (Å²) in [5.41, 5.74) is 0.534. The highest BCUT2D eigenvalue weighted by atomic mass is 16.5. The number of aliphatic carboxylic acids is 1. The van der Waals surface area contributed by atoms with E-state index >= 15 is 0 Å². The molecule has 144 valence electrons. The third-order valence-corrected chi connectivity index (χ3v) is 4.41. The zero-order valence-electron chi connectivity index (χ0n) is 15.4. The van der Waals surface area contributed by atoms with Crippen LogP contribution >= 0.6 is 0 Å². The van der Waals surface area contributed by atoms with Crippen molar-refractivity contribution < 1.29 is 29.0 Å². The van der Waals surface area contributed by atoms with E-state index in [0.29, 0.717) is 17.0 Å². The molecule has 1 saturated heterocycles. The fourth-order valence-electron chi connectivity index (χ4n) is 3.15. The van der Waals surface area contributed by atoms with Gasteiger partial charge >= 0.3 is 11.9 Å². The third kappa shape index (κ3) is 3.34. The zero-order chi connectivity index (χ0) is 20.3. The van der Waals surface area contributed by atoms with Crippen LogP contribution in [0.2, 0.25) is 0 Å². The molecule has 1 aliphatic rings. The third-order valence-electron chi connectivity index (χ3n) is 4.41. The minimum absolute atomic E-state index is 0.00921. The second-order valence-corrected chi connectivity index (χ2v) is 6.00. The van der Waals surface area contributed by atoms with E-state index < -0.39 is 29.5 Å². The molecule has 1 aliphatic heterocycles. The maximum absolute atomic E-state index is 12.9. The lowest BCUT2D eigenvalue weighted by Crippen LogP contribution is -2.51. The maximum Gasteiger partial charge on any atom is 0.346 e. The summed E-state index contributed by atoms with van der Waals surface area (Å²) in [4.78, 5) is 38.3. The van der Waals surface area contributed by atoms with Crippen molar-refractivity contribution in [2.75, 3.05) is 18.6 Å². The molecule has 1 N–H and O–H groups in total. The van der Waals surface area contributed by atoms with Crippen LogP contribution < -0.4 is 9.64 Å². The number of hydrogen-bond donors (Lipinski definition) is 1.